The smallest absolute Gasteiger partial charge is 0.220 e. The minimum absolute atomic E-state index is 0.0852. The summed E-state index contributed by atoms with van der Waals surface area (Å²) in [5.41, 5.74) is 0. The first kappa shape index (κ1) is 63.8. The fourth-order valence-electron chi connectivity index (χ4n) is 7.90. The average molecular weight is 927 g/mol. The summed E-state index contributed by atoms with van der Waals surface area (Å²) >= 11 is 0. The van der Waals surface area contributed by atoms with Crippen LogP contribution in [0.25, 0.3) is 0 Å². The molecule has 4 nitrogen and oxygen atoms in total. The normalized spacial score (nSPS) is 13.8. The summed E-state index contributed by atoms with van der Waals surface area (Å²) < 4.78 is 0. The molecule has 2 unspecified atom stereocenters. The molecule has 3 N–H and O–H groups in total. The summed E-state index contributed by atoms with van der Waals surface area (Å²) in [6.45, 7) is 4.18. The maximum atomic E-state index is 12.5. The summed E-state index contributed by atoms with van der Waals surface area (Å²) in [6.07, 6.45) is 87.8. The van der Waals surface area contributed by atoms with Crippen LogP contribution < -0.4 is 5.32 Å². The first-order valence-corrected chi connectivity index (χ1v) is 28.2. The Hall–Kier alpha value is -3.21. The molecule has 0 radical (unpaired) electrons. The van der Waals surface area contributed by atoms with E-state index in [0.29, 0.717) is 6.42 Å². The topological polar surface area (TPSA) is 69.6 Å². The Morgan fingerprint density at radius 2 is 0.672 bits per heavy atom. The zero-order valence-corrected chi connectivity index (χ0v) is 43.9. The minimum Gasteiger partial charge on any atom is -0.394 e. The molecule has 0 saturated heterocycles. The van der Waals surface area contributed by atoms with E-state index >= 15 is 0 Å². The lowest BCUT2D eigenvalue weighted by Gasteiger charge is -2.19. The van der Waals surface area contributed by atoms with Gasteiger partial charge in [0.05, 0.1) is 18.8 Å². The first-order chi connectivity index (χ1) is 33.2. The third kappa shape index (κ3) is 53.6. The molecule has 0 aromatic heterocycles. The molecule has 382 valence electrons. The summed E-state index contributed by atoms with van der Waals surface area (Å²) in [5, 5.41) is 23.1. The Labute approximate surface area is 416 Å². The highest BCUT2D eigenvalue weighted by molar-refractivity contribution is 5.76. The molecule has 0 aliphatic rings. The summed E-state index contributed by atoms with van der Waals surface area (Å²) in [4.78, 5) is 12.5. The number of nitrogens with one attached hydrogen (secondary N) is 1. The van der Waals surface area contributed by atoms with Crippen molar-refractivity contribution in [3.63, 3.8) is 0 Å². The molecule has 4 heteroatoms. The van der Waals surface area contributed by atoms with Gasteiger partial charge in [0.2, 0.25) is 5.91 Å². The van der Waals surface area contributed by atoms with Crippen molar-refractivity contribution in [2.75, 3.05) is 6.61 Å². The predicted octanol–water partition coefficient (Wildman–Crippen LogP) is 18.9. The van der Waals surface area contributed by atoms with Crippen LogP contribution in [0.1, 0.15) is 251 Å². The van der Waals surface area contributed by atoms with Crippen molar-refractivity contribution < 1.29 is 15.0 Å². The van der Waals surface area contributed by atoms with Crippen molar-refractivity contribution in [2.45, 2.75) is 264 Å². The van der Waals surface area contributed by atoms with Crippen LogP contribution >= 0.6 is 0 Å². The zero-order valence-electron chi connectivity index (χ0n) is 43.9. The number of aliphatic hydroxyl groups excluding tert-OH is 2. The fourth-order valence-corrected chi connectivity index (χ4v) is 7.90. The van der Waals surface area contributed by atoms with Gasteiger partial charge in [0, 0.05) is 6.42 Å². The van der Waals surface area contributed by atoms with Crippen molar-refractivity contribution in [3.05, 3.63) is 122 Å². The molecular weight excluding hydrogens is 819 g/mol. The fraction of sp³-hybridized carbons (Fsp3) is 0.667. The highest BCUT2D eigenvalue weighted by atomic mass is 16.3. The summed E-state index contributed by atoms with van der Waals surface area (Å²) in [5.74, 6) is -0.0852. The van der Waals surface area contributed by atoms with Crippen molar-refractivity contribution in [1.82, 2.24) is 5.32 Å². The van der Waals surface area contributed by atoms with Crippen molar-refractivity contribution in [2.24, 2.45) is 0 Å². The van der Waals surface area contributed by atoms with Crippen LogP contribution in [0.4, 0.5) is 0 Å². The molecule has 2 atom stereocenters. The number of allylic oxidation sites excluding steroid dienone is 19. The number of aliphatic hydroxyl groups is 2. The average Bonchev–Trinajstić information content (AvgIpc) is 3.33. The Morgan fingerprint density at radius 1 is 0.373 bits per heavy atom. The lowest BCUT2D eigenvalue weighted by atomic mass is 10.0. The second-order valence-corrected chi connectivity index (χ2v) is 18.6. The minimum atomic E-state index is -0.880. The zero-order chi connectivity index (χ0) is 48.5. The Morgan fingerprint density at radius 3 is 1.04 bits per heavy atom. The summed E-state index contributed by atoms with van der Waals surface area (Å²) in [7, 11) is 0. The molecule has 0 spiro atoms. The molecule has 0 fully saturated rings. The lowest BCUT2D eigenvalue weighted by Crippen LogP contribution is -2.45. The van der Waals surface area contributed by atoms with Gasteiger partial charge in [0.25, 0.3) is 0 Å². The lowest BCUT2D eigenvalue weighted by molar-refractivity contribution is -0.123. The van der Waals surface area contributed by atoms with Gasteiger partial charge in [-0.05, 0) is 103 Å². The molecule has 0 bridgehead atoms. The van der Waals surface area contributed by atoms with Crippen LogP contribution in [-0.4, -0.2) is 34.9 Å². The van der Waals surface area contributed by atoms with Crippen LogP contribution in [0.2, 0.25) is 0 Å². The van der Waals surface area contributed by atoms with E-state index < -0.39 is 12.1 Å². The van der Waals surface area contributed by atoms with Gasteiger partial charge < -0.3 is 15.5 Å². The molecule has 0 rings (SSSR count). The molecule has 0 aliphatic heterocycles. The van der Waals surface area contributed by atoms with Gasteiger partial charge >= 0.3 is 0 Å². The van der Waals surface area contributed by atoms with Crippen molar-refractivity contribution in [3.8, 4) is 0 Å². The van der Waals surface area contributed by atoms with Crippen LogP contribution in [0.15, 0.2) is 122 Å². The molecule has 0 aromatic carbocycles. The maximum absolute atomic E-state index is 12.5. The van der Waals surface area contributed by atoms with Crippen LogP contribution in [-0.2, 0) is 4.79 Å². The third-order valence-corrected chi connectivity index (χ3v) is 12.2. The number of hydrogen-bond donors (Lipinski definition) is 3. The van der Waals surface area contributed by atoms with E-state index in [1.165, 1.54) is 141 Å². The highest BCUT2D eigenvalue weighted by Crippen LogP contribution is 2.15. The van der Waals surface area contributed by atoms with E-state index in [1.807, 2.05) is 6.08 Å². The SMILES string of the molecule is CC/C=C\C/C=C\C/C=C\C/C=C\C/C=C\C/C=C\C/C=C\CCCCCCCCCCCCCC(=O)NC(CO)C(O)/C=C/CC/C=C/CC/C=C/CCCCCCCCCCCCCC. The third-order valence-electron chi connectivity index (χ3n) is 12.2. The maximum Gasteiger partial charge on any atom is 0.220 e. The Kier molecular flexibility index (Phi) is 54.4. The van der Waals surface area contributed by atoms with E-state index in [4.69, 9.17) is 0 Å². The number of amides is 1. The first-order valence-electron chi connectivity index (χ1n) is 28.2. The van der Waals surface area contributed by atoms with Gasteiger partial charge in [-0.2, -0.15) is 0 Å². The van der Waals surface area contributed by atoms with Gasteiger partial charge in [0.15, 0.2) is 0 Å². The van der Waals surface area contributed by atoms with Gasteiger partial charge in [-0.1, -0.05) is 264 Å². The van der Waals surface area contributed by atoms with Gasteiger partial charge in [-0.3, -0.25) is 4.79 Å². The quantitative estimate of drug-likeness (QED) is 0.0421. The van der Waals surface area contributed by atoms with Gasteiger partial charge in [0.1, 0.15) is 0 Å². The molecule has 0 saturated carbocycles. The Bertz CT molecular complexity index is 1330. The second kappa shape index (κ2) is 57.1. The largest absolute Gasteiger partial charge is 0.394 e. The monoisotopic (exact) mass is 926 g/mol. The van der Waals surface area contributed by atoms with Crippen molar-refractivity contribution in [1.29, 1.82) is 0 Å². The molecule has 1 amide bonds. The van der Waals surface area contributed by atoms with Gasteiger partial charge in [-0.15, -0.1) is 0 Å². The number of unbranched alkanes of at least 4 members (excludes halogenated alkanes) is 25. The molecule has 67 heavy (non-hydrogen) atoms. The number of carbonyl (C=O) groups excluding carboxylic acids is 1. The predicted molar refractivity (Wildman–Crippen MR) is 299 cm³/mol. The second-order valence-electron chi connectivity index (χ2n) is 18.6. The molecule has 0 aliphatic carbocycles. The van der Waals surface area contributed by atoms with Crippen LogP contribution in [0.3, 0.4) is 0 Å². The van der Waals surface area contributed by atoms with Gasteiger partial charge in [-0.25, -0.2) is 0 Å². The van der Waals surface area contributed by atoms with E-state index in [0.717, 1.165) is 89.9 Å². The Balaban J connectivity index is 3.63. The molecule has 0 aromatic rings. The number of rotatable bonds is 50. The molecule has 0 heterocycles. The number of hydrogen-bond acceptors (Lipinski definition) is 3. The van der Waals surface area contributed by atoms with Crippen molar-refractivity contribution >= 4 is 5.91 Å². The van der Waals surface area contributed by atoms with E-state index in [-0.39, 0.29) is 12.5 Å². The van der Waals surface area contributed by atoms with Crippen LogP contribution in [0, 0.1) is 0 Å². The van der Waals surface area contributed by atoms with E-state index in [1.54, 1.807) is 6.08 Å². The van der Waals surface area contributed by atoms with E-state index in [2.05, 4.69) is 129 Å². The summed E-state index contributed by atoms with van der Waals surface area (Å²) in [6, 6.07) is -0.656. The highest BCUT2D eigenvalue weighted by Gasteiger charge is 2.17. The van der Waals surface area contributed by atoms with Crippen LogP contribution in [0.5, 0.6) is 0 Å². The number of carbonyl (C=O) groups is 1. The molecular formula is C63H107NO3. The standard InChI is InChI=1S/C63H107NO3/c1-3-5-7-9-11-13-15-17-19-21-23-25-27-28-29-30-31-32-33-34-35-36-37-39-41-43-45-47-49-51-53-55-57-59-63(67)64-61(60-65)62(66)58-56-54-52-50-48-46-44-42-40-38-26-24-22-20-18-16-14-12-10-8-6-4-2/h5,7,11,13,17,19,23,25,28-29,31-32,34-35,40,42,48,50,56,58,61-62,65-66H,3-4,6,8-10,12,14-16,18,20-22,24,26-27,30,33,36-39,41,43-47,49,51-55,57,59-60H2,1-2H3,(H,64,67)/b7-5-,13-11-,19-17-,25-23-,29-28-,32-31-,35-34-,42-40+,50-48+,58-56+. The van der Waals surface area contributed by atoms with E-state index in [9.17, 15) is 15.0 Å².